The SMILES string of the molecule is O=C(Cc1ccc(F)cc1)NCC(c1ccccc1Cl)N1CCOCC1. The maximum Gasteiger partial charge on any atom is 0.224 e. The van der Waals surface area contributed by atoms with Crippen molar-refractivity contribution in [2.45, 2.75) is 12.5 Å². The molecular weight excluding hydrogens is 355 g/mol. The highest BCUT2D eigenvalue weighted by molar-refractivity contribution is 6.31. The van der Waals surface area contributed by atoms with Crippen LogP contribution in [0.3, 0.4) is 0 Å². The molecule has 1 aliphatic rings. The molecule has 1 fully saturated rings. The zero-order valence-corrected chi connectivity index (χ0v) is 15.2. The quantitative estimate of drug-likeness (QED) is 0.841. The van der Waals surface area contributed by atoms with Gasteiger partial charge in [0.2, 0.25) is 5.91 Å². The normalized spacial score (nSPS) is 16.2. The number of carbonyl (C=O) groups excluding carboxylic acids is 1. The molecule has 0 spiro atoms. The number of rotatable bonds is 6. The van der Waals surface area contributed by atoms with Gasteiger partial charge in [-0.15, -0.1) is 0 Å². The lowest BCUT2D eigenvalue weighted by Gasteiger charge is -2.35. The van der Waals surface area contributed by atoms with Crippen molar-refractivity contribution in [3.05, 3.63) is 70.5 Å². The molecule has 2 aromatic carbocycles. The zero-order valence-electron chi connectivity index (χ0n) is 14.5. The number of nitrogens with one attached hydrogen (secondary N) is 1. The van der Waals surface area contributed by atoms with Crippen molar-refractivity contribution in [2.75, 3.05) is 32.8 Å². The second-order valence-corrected chi connectivity index (χ2v) is 6.70. The van der Waals surface area contributed by atoms with Crippen molar-refractivity contribution in [3.8, 4) is 0 Å². The number of amides is 1. The Morgan fingerprint density at radius 2 is 1.85 bits per heavy atom. The van der Waals surface area contributed by atoms with Gasteiger partial charge in [0, 0.05) is 24.7 Å². The van der Waals surface area contributed by atoms with Crippen LogP contribution in [-0.2, 0) is 16.0 Å². The molecule has 138 valence electrons. The molecule has 3 rings (SSSR count). The molecule has 0 aromatic heterocycles. The zero-order chi connectivity index (χ0) is 18.4. The first-order chi connectivity index (χ1) is 12.6. The molecule has 1 N–H and O–H groups in total. The maximum atomic E-state index is 13.0. The van der Waals surface area contributed by atoms with Crippen molar-refractivity contribution in [1.29, 1.82) is 0 Å². The molecule has 6 heteroatoms. The van der Waals surface area contributed by atoms with Crippen LogP contribution in [0, 0.1) is 5.82 Å². The van der Waals surface area contributed by atoms with E-state index in [1.165, 1.54) is 12.1 Å². The van der Waals surface area contributed by atoms with Gasteiger partial charge >= 0.3 is 0 Å². The second kappa shape index (κ2) is 9.12. The van der Waals surface area contributed by atoms with Gasteiger partial charge in [0.1, 0.15) is 5.82 Å². The standard InChI is InChI=1S/C20H22ClFN2O2/c21-18-4-2-1-3-17(18)19(24-9-11-26-12-10-24)14-23-20(25)13-15-5-7-16(22)8-6-15/h1-8,19H,9-14H2,(H,23,25). The van der Waals surface area contributed by atoms with Gasteiger partial charge in [0.15, 0.2) is 0 Å². The number of hydrogen-bond donors (Lipinski definition) is 1. The highest BCUT2D eigenvalue weighted by Crippen LogP contribution is 2.27. The molecule has 1 amide bonds. The monoisotopic (exact) mass is 376 g/mol. The lowest BCUT2D eigenvalue weighted by Crippen LogP contribution is -2.44. The molecular formula is C20H22ClFN2O2. The van der Waals surface area contributed by atoms with E-state index in [-0.39, 0.29) is 24.2 Å². The van der Waals surface area contributed by atoms with Crippen LogP contribution in [0.25, 0.3) is 0 Å². The van der Waals surface area contributed by atoms with Crippen LogP contribution < -0.4 is 5.32 Å². The number of morpholine rings is 1. The van der Waals surface area contributed by atoms with E-state index in [4.69, 9.17) is 16.3 Å². The van der Waals surface area contributed by atoms with Crippen molar-refractivity contribution >= 4 is 17.5 Å². The van der Waals surface area contributed by atoms with Crippen LogP contribution in [0.2, 0.25) is 5.02 Å². The molecule has 0 bridgehead atoms. The summed E-state index contributed by atoms with van der Waals surface area (Å²) < 4.78 is 18.4. The fourth-order valence-corrected chi connectivity index (χ4v) is 3.39. The largest absolute Gasteiger partial charge is 0.379 e. The summed E-state index contributed by atoms with van der Waals surface area (Å²) in [5, 5.41) is 3.69. The molecule has 2 aromatic rings. The van der Waals surface area contributed by atoms with Gasteiger partial charge in [-0.2, -0.15) is 0 Å². The highest BCUT2D eigenvalue weighted by atomic mass is 35.5. The van der Waals surface area contributed by atoms with Crippen molar-refractivity contribution < 1.29 is 13.9 Å². The Hall–Kier alpha value is -1.95. The van der Waals surface area contributed by atoms with E-state index in [1.54, 1.807) is 12.1 Å². The molecule has 0 saturated carbocycles. The predicted molar refractivity (Wildman–Crippen MR) is 99.7 cm³/mol. The third-order valence-electron chi connectivity index (χ3n) is 4.52. The van der Waals surface area contributed by atoms with E-state index in [9.17, 15) is 9.18 Å². The van der Waals surface area contributed by atoms with E-state index in [1.807, 2.05) is 24.3 Å². The Kier molecular flexibility index (Phi) is 6.61. The molecule has 1 atom stereocenters. The van der Waals surface area contributed by atoms with Crippen molar-refractivity contribution in [3.63, 3.8) is 0 Å². The first kappa shape index (κ1) is 18.8. The third-order valence-corrected chi connectivity index (χ3v) is 4.87. The van der Waals surface area contributed by atoms with Gasteiger partial charge in [-0.1, -0.05) is 41.9 Å². The molecule has 1 heterocycles. The summed E-state index contributed by atoms with van der Waals surface area (Å²) in [7, 11) is 0. The summed E-state index contributed by atoms with van der Waals surface area (Å²) in [6.45, 7) is 3.40. The maximum absolute atomic E-state index is 13.0. The van der Waals surface area contributed by atoms with Crippen molar-refractivity contribution in [2.24, 2.45) is 0 Å². The Morgan fingerprint density at radius 3 is 2.54 bits per heavy atom. The van der Waals surface area contributed by atoms with E-state index in [0.29, 0.717) is 24.8 Å². The second-order valence-electron chi connectivity index (χ2n) is 6.29. The molecule has 4 nitrogen and oxygen atoms in total. The van der Waals surface area contributed by atoms with E-state index < -0.39 is 0 Å². The predicted octanol–water partition coefficient (Wildman–Crippen LogP) is 3.21. The van der Waals surface area contributed by atoms with Crippen LogP contribution in [0.1, 0.15) is 17.2 Å². The van der Waals surface area contributed by atoms with Crippen LogP contribution in [0.5, 0.6) is 0 Å². The lowest BCUT2D eigenvalue weighted by molar-refractivity contribution is -0.120. The molecule has 26 heavy (non-hydrogen) atoms. The summed E-state index contributed by atoms with van der Waals surface area (Å²) in [5.41, 5.74) is 1.78. The number of hydrogen-bond acceptors (Lipinski definition) is 3. The molecule has 1 aliphatic heterocycles. The van der Waals surface area contributed by atoms with Gasteiger partial charge in [0.25, 0.3) is 0 Å². The lowest BCUT2D eigenvalue weighted by atomic mass is 10.0. The van der Waals surface area contributed by atoms with Crippen LogP contribution in [0.15, 0.2) is 48.5 Å². The number of ether oxygens (including phenoxy) is 1. The minimum Gasteiger partial charge on any atom is -0.379 e. The molecule has 0 radical (unpaired) electrons. The van der Waals surface area contributed by atoms with Crippen LogP contribution in [0.4, 0.5) is 4.39 Å². The van der Waals surface area contributed by atoms with Crippen molar-refractivity contribution in [1.82, 2.24) is 10.2 Å². The number of benzene rings is 2. The number of halogens is 2. The fourth-order valence-electron chi connectivity index (χ4n) is 3.13. The first-order valence-corrected chi connectivity index (χ1v) is 9.08. The first-order valence-electron chi connectivity index (χ1n) is 8.71. The minimum absolute atomic E-state index is 0.00947. The van der Waals surface area contributed by atoms with Gasteiger partial charge in [-0.3, -0.25) is 9.69 Å². The van der Waals surface area contributed by atoms with Crippen LogP contribution >= 0.6 is 11.6 Å². The van der Waals surface area contributed by atoms with Gasteiger partial charge < -0.3 is 10.1 Å². The fraction of sp³-hybridized carbons (Fsp3) is 0.350. The van der Waals surface area contributed by atoms with Crippen LogP contribution in [-0.4, -0.2) is 43.7 Å². The highest BCUT2D eigenvalue weighted by Gasteiger charge is 2.24. The third kappa shape index (κ3) is 5.04. The average Bonchev–Trinajstić information content (AvgIpc) is 2.66. The van der Waals surface area contributed by atoms with E-state index in [0.717, 1.165) is 24.2 Å². The minimum atomic E-state index is -0.305. The number of nitrogens with zero attached hydrogens (tertiary/aromatic N) is 1. The van der Waals surface area contributed by atoms with Gasteiger partial charge in [-0.25, -0.2) is 4.39 Å². The Balaban J connectivity index is 1.66. The Labute approximate surface area is 157 Å². The number of carbonyl (C=O) groups is 1. The Bertz CT molecular complexity index is 733. The topological polar surface area (TPSA) is 41.6 Å². The van der Waals surface area contributed by atoms with E-state index >= 15 is 0 Å². The average molecular weight is 377 g/mol. The summed E-state index contributed by atoms with van der Waals surface area (Å²) >= 11 is 6.39. The molecule has 0 aliphatic carbocycles. The smallest absolute Gasteiger partial charge is 0.224 e. The summed E-state index contributed by atoms with van der Waals surface area (Å²) in [6, 6.07) is 13.7. The van der Waals surface area contributed by atoms with Gasteiger partial charge in [-0.05, 0) is 29.3 Å². The molecule has 1 saturated heterocycles. The van der Waals surface area contributed by atoms with Gasteiger partial charge in [0.05, 0.1) is 25.7 Å². The molecule has 1 unspecified atom stereocenters. The Morgan fingerprint density at radius 1 is 1.15 bits per heavy atom. The summed E-state index contributed by atoms with van der Waals surface area (Å²) in [4.78, 5) is 14.6. The summed E-state index contributed by atoms with van der Waals surface area (Å²) in [5.74, 6) is -0.401. The van der Waals surface area contributed by atoms with E-state index in [2.05, 4.69) is 10.2 Å². The summed E-state index contributed by atoms with van der Waals surface area (Å²) in [6.07, 6.45) is 0.221.